The topological polar surface area (TPSA) is 57.3 Å². The van der Waals surface area contributed by atoms with Crippen molar-refractivity contribution in [1.82, 2.24) is 20.5 Å². The zero-order valence-electron chi connectivity index (χ0n) is 14.0. The first-order chi connectivity index (χ1) is 11.2. The molecule has 5 nitrogen and oxygen atoms in total. The van der Waals surface area contributed by atoms with E-state index >= 15 is 0 Å². The summed E-state index contributed by atoms with van der Waals surface area (Å²) in [5, 5.41) is 9.16. The van der Waals surface area contributed by atoms with Crippen molar-refractivity contribution in [3.63, 3.8) is 0 Å². The van der Waals surface area contributed by atoms with Crippen molar-refractivity contribution in [3.05, 3.63) is 16.6 Å². The first kappa shape index (κ1) is 16.7. The number of aromatic nitrogens is 1. The van der Waals surface area contributed by atoms with Crippen LogP contribution in [0.15, 0.2) is 11.6 Å². The quantitative estimate of drug-likeness (QED) is 0.840. The normalized spacial score (nSPS) is 24.0. The van der Waals surface area contributed by atoms with Crippen LogP contribution >= 0.6 is 11.3 Å². The second kappa shape index (κ2) is 8.11. The molecule has 0 spiro atoms. The Balaban J connectivity index is 1.34. The summed E-state index contributed by atoms with van der Waals surface area (Å²) in [7, 11) is 0. The fourth-order valence-corrected chi connectivity index (χ4v) is 4.42. The first-order valence-electron chi connectivity index (χ1n) is 8.87. The van der Waals surface area contributed by atoms with Crippen molar-refractivity contribution in [1.29, 1.82) is 0 Å². The van der Waals surface area contributed by atoms with E-state index in [0.29, 0.717) is 12.6 Å². The van der Waals surface area contributed by atoms with Crippen LogP contribution in [0, 0.1) is 5.92 Å². The van der Waals surface area contributed by atoms with Crippen LogP contribution in [0.1, 0.15) is 50.0 Å². The van der Waals surface area contributed by atoms with Gasteiger partial charge in [0.2, 0.25) is 0 Å². The average molecular weight is 337 g/mol. The predicted molar refractivity (Wildman–Crippen MR) is 93.9 cm³/mol. The van der Waals surface area contributed by atoms with Crippen LogP contribution in [-0.2, 0) is 0 Å². The molecule has 0 unspecified atom stereocenters. The Bertz CT molecular complexity index is 487. The number of hydrogen-bond acceptors (Lipinski definition) is 4. The third-order valence-corrected chi connectivity index (χ3v) is 6.05. The predicted octanol–water partition coefficient (Wildman–Crippen LogP) is 2.81. The Hall–Kier alpha value is -1.14. The number of rotatable bonds is 6. The van der Waals surface area contributed by atoms with Gasteiger partial charge in [0.1, 0.15) is 0 Å². The molecule has 1 saturated heterocycles. The van der Waals surface area contributed by atoms with Gasteiger partial charge in [-0.15, -0.1) is 11.3 Å². The number of carbonyl (C=O) groups excluding carboxylic acids is 1. The lowest BCUT2D eigenvalue weighted by Gasteiger charge is -2.20. The number of likely N-dealkylation sites (tertiary alicyclic amines) is 1. The summed E-state index contributed by atoms with van der Waals surface area (Å²) < 4.78 is 0. The highest BCUT2D eigenvalue weighted by atomic mass is 32.1. The Morgan fingerprint density at radius 1 is 1.43 bits per heavy atom. The van der Waals surface area contributed by atoms with E-state index in [1.54, 1.807) is 11.3 Å². The van der Waals surface area contributed by atoms with Crippen LogP contribution in [0.25, 0.3) is 0 Å². The molecular formula is C17H28N4OS. The van der Waals surface area contributed by atoms with Crippen LogP contribution in [0.3, 0.4) is 0 Å². The Labute approximate surface area is 142 Å². The van der Waals surface area contributed by atoms with Crippen molar-refractivity contribution in [2.24, 2.45) is 5.92 Å². The highest BCUT2D eigenvalue weighted by molar-refractivity contribution is 7.09. The standard InChI is InChI=1S/C17H28N4OS/c1-13(16-18-7-9-23-16)10-19-17(22)20-15-6-8-21(12-15)11-14-4-2-3-5-14/h7,9,13-15H,2-6,8,10-12H2,1H3,(H2,19,20,22)/t13-,15+/m0/s1. The van der Waals surface area contributed by atoms with Gasteiger partial charge in [0.15, 0.2) is 0 Å². The number of nitrogens with zero attached hydrogens (tertiary/aromatic N) is 2. The smallest absolute Gasteiger partial charge is 0.315 e. The van der Waals surface area contributed by atoms with Crippen LogP contribution in [0.5, 0.6) is 0 Å². The second-order valence-electron chi connectivity index (χ2n) is 7.02. The van der Waals surface area contributed by atoms with E-state index in [2.05, 4.69) is 27.4 Å². The summed E-state index contributed by atoms with van der Waals surface area (Å²) in [6.45, 7) is 6.08. The van der Waals surface area contributed by atoms with Crippen molar-refractivity contribution < 1.29 is 4.79 Å². The molecule has 2 heterocycles. The Morgan fingerprint density at radius 3 is 3.00 bits per heavy atom. The van der Waals surface area contributed by atoms with Crippen LogP contribution in [0.4, 0.5) is 4.79 Å². The van der Waals surface area contributed by atoms with Gasteiger partial charge in [-0.05, 0) is 25.2 Å². The number of nitrogens with one attached hydrogen (secondary N) is 2. The molecule has 2 atom stereocenters. The van der Waals surface area contributed by atoms with Gasteiger partial charge < -0.3 is 15.5 Å². The monoisotopic (exact) mass is 336 g/mol. The molecule has 128 valence electrons. The Morgan fingerprint density at radius 2 is 2.26 bits per heavy atom. The zero-order valence-corrected chi connectivity index (χ0v) is 14.8. The van der Waals surface area contributed by atoms with Crippen LogP contribution < -0.4 is 10.6 Å². The molecule has 23 heavy (non-hydrogen) atoms. The highest BCUT2D eigenvalue weighted by Crippen LogP contribution is 2.26. The van der Waals surface area contributed by atoms with E-state index < -0.39 is 0 Å². The van der Waals surface area contributed by atoms with Gasteiger partial charge in [-0.25, -0.2) is 9.78 Å². The largest absolute Gasteiger partial charge is 0.337 e. The summed E-state index contributed by atoms with van der Waals surface area (Å²) >= 11 is 1.64. The molecule has 2 amide bonds. The third-order valence-electron chi connectivity index (χ3n) is 5.04. The van der Waals surface area contributed by atoms with Crippen LogP contribution in [-0.4, -0.2) is 48.1 Å². The molecular weight excluding hydrogens is 308 g/mol. The molecule has 0 aromatic carbocycles. The molecule has 3 rings (SSSR count). The minimum Gasteiger partial charge on any atom is -0.337 e. The molecule has 2 N–H and O–H groups in total. The van der Waals surface area contributed by atoms with Gasteiger partial charge in [0.05, 0.1) is 5.01 Å². The average Bonchev–Trinajstić information content (AvgIpc) is 3.28. The number of carbonyl (C=O) groups is 1. The first-order valence-corrected chi connectivity index (χ1v) is 9.75. The lowest BCUT2D eigenvalue weighted by atomic mass is 10.1. The van der Waals surface area contributed by atoms with Crippen molar-refractivity contribution in [3.8, 4) is 0 Å². The van der Waals surface area contributed by atoms with Crippen molar-refractivity contribution in [2.45, 2.75) is 51.0 Å². The van der Waals surface area contributed by atoms with Crippen LogP contribution in [0.2, 0.25) is 0 Å². The SMILES string of the molecule is C[C@@H](CNC(=O)N[C@@H]1CCN(CC2CCCC2)C1)c1nccs1. The molecule has 1 aliphatic carbocycles. The highest BCUT2D eigenvalue weighted by Gasteiger charge is 2.26. The molecule has 1 aromatic heterocycles. The summed E-state index contributed by atoms with van der Waals surface area (Å²) in [6.07, 6.45) is 8.48. The van der Waals surface area contributed by atoms with E-state index in [1.165, 1.54) is 32.2 Å². The van der Waals surface area contributed by atoms with Gasteiger partial charge in [-0.1, -0.05) is 19.8 Å². The fraction of sp³-hybridized carbons (Fsp3) is 0.765. The van der Waals surface area contributed by atoms with Gasteiger partial charge >= 0.3 is 6.03 Å². The number of hydrogen-bond donors (Lipinski definition) is 2. The molecule has 1 aliphatic heterocycles. The molecule has 0 radical (unpaired) electrons. The number of amides is 2. The third kappa shape index (κ3) is 4.91. The molecule has 2 aliphatic rings. The van der Waals surface area contributed by atoms with E-state index in [9.17, 15) is 4.79 Å². The molecule has 1 saturated carbocycles. The summed E-state index contributed by atoms with van der Waals surface area (Å²) in [5.74, 6) is 1.16. The van der Waals surface area contributed by atoms with Gasteiger partial charge in [0, 0.05) is 49.7 Å². The molecule has 0 bridgehead atoms. The van der Waals surface area contributed by atoms with E-state index in [4.69, 9.17) is 0 Å². The lowest BCUT2D eigenvalue weighted by Crippen LogP contribution is -2.44. The molecule has 2 fully saturated rings. The second-order valence-corrected chi connectivity index (χ2v) is 7.95. The molecule has 6 heteroatoms. The fourth-order valence-electron chi connectivity index (χ4n) is 3.72. The van der Waals surface area contributed by atoms with Crippen molar-refractivity contribution in [2.75, 3.05) is 26.2 Å². The van der Waals surface area contributed by atoms with E-state index in [1.807, 2.05) is 11.6 Å². The minimum absolute atomic E-state index is 0.0406. The minimum atomic E-state index is -0.0406. The molecule has 1 aromatic rings. The van der Waals surface area contributed by atoms with Gasteiger partial charge in [-0.2, -0.15) is 0 Å². The maximum atomic E-state index is 12.1. The number of urea groups is 1. The van der Waals surface area contributed by atoms with E-state index in [-0.39, 0.29) is 11.9 Å². The van der Waals surface area contributed by atoms with Gasteiger partial charge in [-0.3, -0.25) is 0 Å². The maximum Gasteiger partial charge on any atom is 0.315 e. The number of thiazole rings is 1. The Kier molecular flexibility index (Phi) is 5.89. The summed E-state index contributed by atoms with van der Waals surface area (Å²) in [6, 6.07) is 0.257. The maximum absolute atomic E-state index is 12.1. The van der Waals surface area contributed by atoms with Gasteiger partial charge in [0.25, 0.3) is 0 Å². The van der Waals surface area contributed by atoms with E-state index in [0.717, 1.165) is 30.4 Å². The summed E-state index contributed by atoms with van der Waals surface area (Å²) in [5.41, 5.74) is 0. The lowest BCUT2D eigenvalue weighted by molar-refractivity contribution is 0.234. The zero-order chi connectivity index (χ0) is 16.1. The summed E-state index contributed by atoms with van der Waals surface area (Å²) in [4.78, 5) is 18.9. The van der Waals surface area contributed by atoms with Crippen molar-refractivity contribution >= 4 is 17.4 Å².